The van der Waals surface area contributed by atoms with Crippen molar-refractivity contribution in [2.45, 2.75) is 31.3 Å². The van der Waals surface area contributed by atoms with Gasteiger partial charge in [0.15, 0.2) is 0 Å². The molecule has 70 valence electrons. The lowest BCUT2D eigenvalue weighted by molar-refractivity contribution is 0.469. The summed E-state index contributed by atoms with van der Waals surface area (Å²) in [6.45, 7) is 0. The van der Waals surface area contributed by atoms with Gasteiger partial charge >= 0.3 is 0 Å². The Morgan fingerprint density at radius 2 is 2.17 bits per heavy atom. The van der Waals surface area contributed by atoms with Crippen LogP contribution in [0.15, 0.2) is 0 Å². The van der Waals surface area contributed by atoms with Gasteiger partial charge in [-0.05, 0) is 41.5 Å². The van der Waals surface area contributed by atoms with E-state index in [1.807, 2.05) is 0 Å². The summed E-state index contributed by atoms with van der Waals surface area (Å²) in [5.74, 6) is 1.60. The number of rotatable bonds is 2. The fourth-order valence-electron chi connectivity index (χ4n) is 2.67. The van der Waals surface area contributed by atoms with E-state index < -0.39 is 5.47 Å². The molecule has 2 saturated carbocycles. The predicted molar refractivity (Wildman–Crippen MR) is 62.3 cm³/mol. The molecule has 0 aromatic heterocycles. The molecule has 4 atom stereocenters. The Morgan fingerprint density at radius 3 is 2.58 bits per heavy atom. The average molecular weight is 240 g/mol. The van der Waals surface area contributed by atoms with Crippen LogP contribution < -0.4 is 0 Å². The molecule has 12 heavy (non-hydrogen) atoms. The second kappa shape index (κ2) is 3.47. The number of hydrogen-bond acceptors (Lipinski definition) is 3. The van der Waals surface area contributed by atoms with E-state index in [0.29, 0.717) is 5.66 Å². The first-order valence-electron chi connectivity index (χ1n) is 4.29. The lowest BCUT2D eigenvalue weighted by Gasteiger charge is -2.27. The number of fused-ring (bicyclic) bond motifs is 2. The minimum Gasteiger partial charge on any atom is -0.356 e. The van der Waals surface area contributed by atoms with E-state index in [-0.39, 0.29) is 0 Å². The van der Waals surface area contributed by atoms with Crippen LogP contribution >= 0.6 is 27.5 Å². The van der Waals surface area contributed by atoms with Gasteiger partial charge in [-0.2, -0.15) is 0 Å². The zero-order chi connectivity index (χ0) is 8.77. The maximum atomic E-state index is 9.96. The summed E-state index contributed by atoms with van der Waals surface area (Å²) in [5, 5.41) is 0. The normalized spacial score (nSPS) is 44.7. The summed E-state index contributed by atoms with van der Waals surface area (Å²) in [6.07, 6.45) is 5.15. The van der Waals surface area contributed by atoms with Crippen LogP contribution in [0.25, 0.3) is 0 Å². The summed E-state index contributed by atoms with van der Waals surface area (Å²) in [6, 6.07) is 0. The highest BCUT2D eigenvalue weighted by Gasteiger charge is 2.45. The van der Waals surface area contributed by atoms with Crippen molar-refractivity contribution < 1.29 is 4.89 Å². The van der Waals surface area contributed by atoms with Crippen molar-refractivity contribution in [1.82, 2.24) is 0 Å². The highest BCUT2D eigenvalue weighted by atomic mass is 33.4. The van der Waals surface area contributed by atoms with Gasteiger partial charge in [0.05, 0.1) is 0 Å². The Hall–Kier alpha value is 1.31. The quantitative estimate of drug-likeness (QED) is 0.440. The second-order valence-electron chi connectivity index (χ2n) is 3.89. The number of hydrogen-bond donors (Lipinski definition) is 2. The van der Waals surface area contributed by atoms with Gasteiger partial charge in [0, 0.05) is 5.66 Å². The first-order valence-corrected chi connectivity index (χ1v) is 9.59. The van der Waals surface area contributed by atoms with Gasteiger partial charge in [-0.3, -0.25) is 0 Å². The third-order valence-corrected chi connectivity index (χ3v) is 11.2. The summed E-state index contributed by atoms with van der Waals surface area (Å²) in [4.78, 5) is 9.96. The molecule has 1 N–H and O–H groups in total. The number of thiol groups is 1. The summed E-state index contributed by atoms with van der Waals surface area (Å²) < 4.78 is 0. The van der Waals surface area contributed by atoms with E-state index in [1.165, 1.54) is 36.1 Å². The van der Waals surface area contributed by atoms with Crippen molar-refractivity contribution in [2.24, 2.45) is 11.8 Å². The molecular weight excluding hydrogens is 227 g/mol. The molecule has 4 unspecified atom stereocenters. The maximum absolute atomic E-state index is 9.96. The van der Waals surface area contributed by atoms with Crippen LogP contribution in [0.4, 0.5) is 0 Å². The van der Waals surface area contributed by atoms with E-state index in [4.69, 9.17) is 11.8 Å². The molecule has 0 radical (unpaired) electrons. The summed E-state index contributed by atoms with van der Waals surface area (Å²) in [5.41, 5.74) is -1.72. The molecule has 2 fully saturated rings. The third-order valence-electron chi connectivity index (χ3n) is 3.24. The van der Waals surface area contributed by atoms with Gasteiger partial charge in [0.2, 0.25) is 0 Å². The maximum Gasteiger partial charge on any atom is 0.130 e. The molecule has 0 saturated heterocycles. The van der Waals surface area contributed by atoms with Crippen LogP contribution in [-0.4, -0.2) is 10.6 Å². The van der Waals surface area contributed by atoms with E-state index in [9.17, 15) is 4.89 Å². The van der Waals surface area contributed by atoms with E-state index in [0.717, 1.165) is 11.8 Å². The molecule has 0 aromatic rings. The van der Waals surface area contributed by atoms with Gasteiger partial charge in [0.25, 0.3) is 0 Å². The Morgan fingerprint density at radius 1 is 1.42 bits per heavy atom. The first-order chi connectivity index (χ1) is 5.63. The van der Waals surface area contributed by atoms with Crippen LogP contribution in [0.3, 0.4) is 0 Å². The monoisotopic (exact) mass is 240 g/mol. The SMILES string of the molecule is OP(=S)(SS)C1CC2CCC1C2. The smallest absolute Gasteiger partial charge is 0.130 e. The largest absolute Gasteiger partial charge is 0.356 e. The Kier molecular flexibility index (Phi) is 2.85. The topological polar surface area (TPSA) is 20.2 Å². The molecular formula is C7H13OPS3. The molecule has 0 aromatic carbocycles. The van der Waals surface area contributed by atoms with Crippen LogP contribution in [-0.2, 0) is 11.8 Å². The van der Waals surface area contributed by atoms with Crippen molar-refractivity contribution in [3.8, 4) is 0 Å². The highest BCUT2D eigenvalue weighted by molar-refractivity contribution is 8.99. The molecule has 2 aliphatic rings. The van der Waals surface area contributed by atoms with Crippen LogP contribution in [0.2, 0.25) is 0 Å². The van der Waals surface area contributed by atoms with Crippen LogP contribution in [0.5, 0.6) is 0 Å². The molecule has 0 amide bonds. The van der Waals surface area contributed by atoms with Crippen LogP contribution in [0.1, 0.15) is 25.7 Å². The van der Waals surface area contributed by atoms with Gasteiger partial charge < -0.3 is 4.89 Å². The standard InChI is InChI=1S/C7H13OPS3/c8-9(10,12-11)7-4-5-1-2-6(7)3-5/h5-7,11H,1-4H2,(H,8,10). The Balaban J connectivity index is 2.12. The summed E-state index contributed by atoms with van der Waals surface area (Å²) >= 11 is 9.30. The average Bonchev–Trinajstić information content (AvgIpc) is 2.64. The highest BCUT2D eigenvalue weighted by Crippen LogP contribution is 2.69. The molecule has 5 heteroatoms. The second-order valence-corrected chi connectivity index (χ2v) is 11.8. The fraction of sp³-hybridized carbons (Fsp3) is 1.00. The molecule has 2 bridgehead atoms. The van der Waals surface area contributed by atoms with Crippen molar-refractivity contribution in [2.75, 3.05) is 0 Å². The first kappa shape index (κ1) is 9.85. The van der Waals surface area contributed by atoms with Crippen LogP contribution in [0, 0.1) is 11.8 Å². The molecule has 0 aliphatic heterocycles. The van der Waals surface area contributed by atoms with E-state index in [2.05, 4.69) is 11.7 Å². The molecule has 2 aliphatic carbocycles. The predicted octanol–water partition coefficient (Wildman–Crippen LogP) is 3.05. The van der Waals surface area contributed by atoms with Gasteiger partial charge in [-0.15, -0.1) is 11.7 Å². The van der Waals surface area contributed by atoms with E-state index >= 15 is 0 Å². The van der Waals surface area contributed by atoms with Crippen molar-refractivity contribution in [1.29, 1.82) is 0 Å². The molecule has 2 rings (SSSR count). The van der Waals surface area contributed by atoms with Crippen molar-refractivity contribution >= 4 is 39.3 Å². The summed E-state index contributed by atoms with van der Waals surface area (Å²) in [7, 11) is 1.24. The van der Waals surface area contributed by atoms with Gasteiger partial charge in [0.1, 0.15) is 5.47 Å². The molecule has 0 heterocycles. The zero-order valence-electron chi connectivity index (χ0n) is 6.72. The zero-order valence-corrected chi connectivity index (χ0v) is 10.1. The molecule has 0 spiro atoms. The van der Waals surface area contributed by atoms with E-state index in [1.54, 1.807) is 0 Å². The lowest BCUT2D eigenvalue weighted by atomic mass is 10.0. The van der Waals surface area contributed by atoms with Crippen molar-refractivity contribution in [3.05, 3.63) is 0 Å². The Bertz CT molecular complexity index is 233. The third kappa shape index (κ3) is 1.61. The minimum atomic E-state index is -2.15. The lowest BCUT2D eigenvalue weighted by Crippen LogP contribution is -2.14. The minimum absolute atomic E-state index is 0.425. The van der Waals surface area contributed by atoms with Gasteiger partial charge in [-0.1, -0.05) is 18.2 Å². The Labute approximate surface area is 87.3 Å². The van der Waals surface area contributed by atoms with Gasteiger partial charge in [-0.25, -0.2) is 0 Å². The van der Waals surface area contributed by atoms with Crippen molar-refractivity contribution in [3.63, 3.8) is 0 Å². The fourth-order valence-corrected chi connectivity index (χ4v) is 7.16. The molecule has 1 nitrogen and oxygen atoms in total.